The van der Waals surface area contributed by atoms with Crippen molar-refractivity contribution in [2.75, 3.05) is 44.2 Å². The van der Waals surface area contributed by atoms with Gasteiger partial charge in [-0.15, -0.1) is 0 Å². The summed E-state index contributed by atoms with van der Waals surface area (Å²) in [5, 5.41) is 10.7. The van der Waals surface area contributed by atoms with Crippen LogP contribution in [0.1, 0.15) is 13.8 Å². The van der Waals surface area contributed by atoms with E-state index in [0.29, 0.717) is 39.3 Å². The summed E-state index contributed by atoms with van der Waals surface area (Å²) in [6.07, 6.45) is -0.232. The smallest absolute Gasteiger partial charge is 0.282 e. The molecule has 2 fully saturated rings. The monoisotopic (exact) mass is 384 g/mol. The summed E-state index contributed by atoms with van der Waals surface area (Å²) >= 11 is 0. The SMILES string of the molecule is C[C@@H]1CN(S(=O)(=O)N2CCN(c3ccc([N+](=O)[O-])cc3)CC2)C[C@H](C)O1. The average molecular weight is 384 g/mol. The number of nitro benzene ring substituents is 1. The van der Waals surface area contributed by atoms with Gasteiger partial charge in [-0.1, -0.05) is 0 Å². The van der Waals surface area contributed by atoms with Crippen LogP contribution in [0.25, 0.3) is 0 Å². The Balaban J connectivity index is 1.63. The molecule has 0 aliphatic carbocycles. The fourth-order valence-corrected chi connectivity index (χ4v) is 5.19. The molecule has 2 heterocycles. The predicted octanol–water partition coefficient (Wildman–Crippen LogP) is 1.07. The summed E-state index contributed by atoms with van der Waals surface area (Å²) in [6, 6.07) is 6.34. The van der Waals surface area contributed by atoms with Gasteiger partial charge < -0.3 is 9.64 Å². The van der Waals surface area contributed by atoms with Gasteiger partial charge in [-0.25, -0.2) is 0 Å². The van der Waals surface area contributed by atoms with E-state index in [4.69, 9.17) is 4.74 Å². The van der Waals surface area contributed by atoms with Gasteiger partial charge in [-0.3, -0.25) is 10.1 Å². The van der Waals surface area contributed by atoms with Gasteiger partial charge in [0.05, 0.1) is 17.1 Å². The summed E-state index contributed by atoms with van der Waals surface area (Å²) in [6.45, 7) is 6.37. The molecule has 2 atom stereocenters. The van der Waals surface area contributed by atoms with Crippen molar-refractivity contribution in [3.05, 3.63) is 34.4 Å². The molecular formula is C16H24N4O5S. The second-order valence-electron chi connectivity index (χ2n) is 6.74. The van der Waals surface area contributed by atoms with Crippen molar-refractivity contribution in [1.29, 1.82) is 0 Å². The quantitative estimate of drug-likeness (QED) is 0.569. The number of non-ortho nitro benzene ring substituents is 1. The fraction of sp³-hybridized carbons (Fsp3) is 0.625. The largest absolute Gasteiger partial charge is 0.373 e. The summed E-state index contributed by atoms with van der Waals surface area (Å²) in [7, 11) is -3.50. The van der Waals surface area contributed by atoms with Crippen molar-refractivity contribution in [3.63, 3.8) is 0 Å². The van der Waals surface area contributed by atoms with Crippen LogP contribution in [-0.4, -0.2) is 73.4 Å². The lowest BCUT2D eigenvalue weighted by Crippen LogP contribution is -2.57. The molecule has 0 amide bonds. The van der Waals surface area contributed by atoms with E-state index in [9.17, 15) is 18.5 Å². The Kier molecular flexibility index (Phi) is 5.47. The third-order valence-electron chi connectivity index (χ3n) is 4.70. The Morgan fingerprint density at radius 2 is 1.54 bits per heavy atom. The number of rotatable bonds is 4. The van der Waals surface area contributed by atoms with Crippen molar-refractivity contribution in [2.45, 2.75) is 26.1 Å². The number of hydrogen-bond donors (Lipinski definition) is 0. The fourth-order valence-electron chi connectivity index (χ4n) is 3.44. The highest BCUT2D eigenvalue weighted by atomic mass is 32.2. The number of nitrogens with zero attached hydrogens (tertiary/aromatic N) is 4. The lowest BCUT2D eigenvalue weighted by atomic mass is 10.2. The molecule has 0 saturated carbocycles. The Bertz CT molecular complexity index is 736. The number of anilines is 1. The summed E-state index contributed by atoms with van der Waals surface area (Å²) < 4.78 is 34.4. The minimum absolute atomic E-state index is 0.0468. The number of hydrogen-bond acceptors (Lipinski definition) is 6. The molecule has 0 unspecified atom stereocenters. The standard InChI is InChI=1S/C16H24N4O5S/c1-13-11-19(12-14(2)25-13)26(23,24)18-9-7-17(8-10-18)15-3-5-16(6-4-15)20(21)22/h3-6,13-14H,7-12H2,1-2H3/t13-,14+. The molecule has 2 aliphatic heterocycles. The lowest BCUT2D eigenvalue weighted by Gasteiger charge is -2.40. The lowest BCUT2D eigenvalue weighted by molar-refractivity contribution is -0.384. The molecule has 144 valence electrons. The zero-order chi connectivity index (χ0) is 18.9. The normalized spacial score (nSPS) is 26.0. The summed E-state index contributed by atoms with van der Waals surface area (Å²) in [5.74, 6) is 0. The van der Waals surface area contributed by atoms with E-state index in [0.717, 1.165) is 5.69 Å². The first-order chi connectivity index (χ1) is 12.3. The minimum Gasteiger partial charge on any atom is -0.373 e. The molecule has 0 radical (unpaired) electrons. The van der Waals surface area contributed by atoms with Gasteiger partial charge in [-0.05, 0) is 26.0 Å². The van der Waals surface area contributed by atoms with Gasteiger partial charge in [0.25, 0.3) is 15.9 Å². The van der Waals surface area contributed by atoms with Gasteiger partial charge in [0.2, 0.25) is 0 Å². The van der Waals surface area contributed by atoms with Gasteiger partial charge in [-0.2, -0.15) is 17.0 Å². The first kappa shape index (κ1) is 19.0. The van der Waals surface area contributed by atoms with Crippen LogP contribution < -0.4 is 4.90 Å². The van der Waals surface area contributed by atoms with Crippen LogP contribution in [0, 0.1) is 10.1 Å². The van der Waals surface area contributed by atoms with E-state index in [-0.39, 0.29) is 17.9 Å². The van der Waals surface area contributed by atoms with Crippen molar-refractivity contribution >= 4 is 21.6 Å². The minimum atomic E-state index is -3.50. The molecule has 1 aromatic rings. The van der Waals surface area contributed by atoms with Gasteiger partial charge in [0, 0.05) is 57.1 Å². The zero-order valence-corrected chi connectivity index (χ0v) is 15.8. The van der Waals surface area contributed by atoms with Crippen LogP contribution in [-0.2, 0) is 14.9 Å². The van der Waals surface area contributed by atoms with E-state index < -0.39 is 15.1 Å². The van der Waals surface area contributed by atoms with E-state index in [1.165, 1.54) is 20.7 Å². The van der Waals surface area contributed by atoms with Crippen molar-refractivity contribution < 1.29 is 18.1 Å². The van der Waals surface area contributed by atoms with E-state index in [1.54, 1.807) is 12.1 Å². The highest BCUT2D eigenvalue weighted by molar-refractivity contribution is 7.86. The van der Waals surface area contributed by atoms with E-state index in [1.807, 2.05) is 18.7 Å². The molecule has 2 saturated heterocycles. The first-order valence-corrected chi connectivity index (χ1v) is 10.1. The van der Waals surface area contributed by atoms with Crippen LogP contribution in [0.3, 0.4) is 0 Å². The van der Waals surface area contributed by atoms with Crippen LogP contribution in [0.15, 0.2) is 24.3 Å². The molecule has 0 spiro atoms. The Morgan fingerprint density at radius 1 is 1.00 bits per heavy atom. The third kappa shape index (κ3) is 3.98. The van der Waals surface area contributed by atoms with Crippen LogP contribution in [0.5, 0.6) is 0 Å². The number of piperazine rings is 1. The highest BCUT2D eigenvalue weighted by Crippen LogP contribution is 2.23. The van der Waals surface area contributed by atoms with Crippen LogP contribution >= 0.6 is 0 Å². The summed E-state index contributed by atoms with van der Waals surface area (Å²) in [4.78, 5) is 12.4. The average Bonchev–Trinajstić information content (AvgIpc) is 2.61. The van der Waals surface area contributed by atoms with Gasteiger partial charge >= 0.3 is 0 Å². The van der Waals surface area contributed by atoms with Crippen molar-refractivity contribution in [3.8, 4) is 0 Å². The van der Waals surface area contributed by atoms with Crippen molar-refractivity contribution in [1.82, 2.24) is 8.61 Å². The molecule has 0 bridgehead atoms. The second kappa shape index (κ2) is 7.47. The second-order valence-corrected chi connectivity index (χ2v) is 8.67. The maximum absolute atomic E-state index is 12.9. The molecule has 1 aromatic carbocycles. The molecular weight excluding hydrogens is 360 g/mol. The van der Waals surface area contributed by atoms with E-state index in [2.05, 4.69) is 0 Å². The van der Waals surface area contributed by atoms with Crippen LogP contribution in [0.4, 0.5) is 11.4 Å². The molecule has 9 nitrogen and oxygen atoms in total. The molecule has 26 heavy (non-hydrogen) atoms. The molecule has 10 heteroatoms. The topological polar surface area (TPSA) is 96.2 Å². The maximum Gasteiger partial charge on any atom is 0.282 e. The molecule has 3 rings (SSSR count). The van der Waals surface area contributed by atoms with E-state index >= 15 is 0 Å². The number of benzene rings is 1. The predicted molar refractivity (Wildman–Crippen MR) is 97.4 cm³/mol. The summed E-state index contributed by atoms with van der Waals surface area (Å²) in [5.41, 5.74) is 0.909. The Labute approximate surface area is 153 Å². The Hall–Kier alpha value is -1.75. The molecule has 0 aromatic heterocycles. The maximum atomic E-state index is 12.9. The molecule has 0 N–H and O–H groups in total. The number of morpholine rings is 1. The van der Waals surface area contributed by atoms with Gasteiger partial charge in [0.1, 0.15) is 0 Å². The first-order valence-electron chi connectivity index (χ1n) is 8.67. The molecule has 2 aliphatic rings. The number of nitro groups is 1. The van der Waals surface area contributed by atoms with Gasteiger partial charge in [0.15, 0.2) is 0 Å². The van der Waals surface area contributed by atoms with Crippen molar-refractivity contribution in [2.24, 2.45) is 0 Å². The zero-order valence-electron chi connectivity index (χ0n) is 14.9. The number of ether oxygens (including phenoxy) is 1. The Morgan fingerprint density at radius 3 is 2.04 bits per heavy atom. The third-order valence-corrected chi connectivity index (χ3v) is 6.67. The van der Waals surface area contributed by atoms with Crippen LogP contribution in [0.2, 0.25) is 0 Å². The highest BCUT2D eigenvalue weighted by Gasteiger charge is 2.36.